The van der Waals surface area contributed by atoms with Crippen molar-refractivity contribution in [3.05, 3.63) is 58.4 Å². The Morgan fingerprint density at radius 3 is 2.64 bits per heavy atom. The fourth-order valence-corrected chi connectivity index (χ4v) is 5.40. The van der Waals surface area contributed by atoms with Crippen molar-refractivity contribution in [2.75, 3.05) is 39.8 Å². The SMILES string of the molecule is CNCCCOc1ccc([C@H]2CCC[C@H]3CN(C(=O)c4ccc(C(F)(F)F)nc4)CCN32)c(C)c1C. The lowest BCUT2D eigenvalue weighted by atomic mass is 9.86. The van der Waals surface area contributed by atoms with Crippen LogP contribution < -0.4 is 10.1 Å². The second-order valence-electron chi connectivity index (χ2n) is 9.73. The number of rotatable bonds is 7. The molecule has 0 bridgehead atoms. The summed E-state index contributed by atoms with van der Waals surface area (Å²) in [5.41, 5.74) is 2.94. The summed E-state index contributed by atoms with van der Waals surface area (Å²) < 4.78 is 44.5. The van der Waals surface area contributed by atoms with Gasteiger partial charge in [-0.1, -0.05) is 6.07 Å². The Morgan fingerprint density at radius 2 is 1.94 bits per heavy atom. The first-order valence-corrected chi connectivity index (χ1v) is 12.7. The monoisotopic (exact) mass is 504 g/mol. The second-order valence-corrected chi connectivity index (χ2v) is 9.73. The number of piperazine rings is 1. The summed E-state index contributed by atoms with van der Waals surface area (Å²) in [7, 11) is 1.93. The normalized spacial score (nSPS) is 20.8. The van der Waals surface area contributed by atoms with E-state index in [2.05, 4.69) is 41.2 Å². The maximum atomic E-state index is 13.0. The molecular weight excluding hydrogens is 469 g/mol. The molecule has 4 rings (SSSR count). The molecule has 2 aromatic rings. The minimum absolute atomic E-state index is 0.195. The third-order valence-corrected chi connectivity index (χ3v) is 7.50. The number of piperidine rings is 1. The molecule has 9 heteroatoms. The quantitative estimate of drug-likeness (QED) is 0.552. The molecule has 0 spiro atoms. The van der Waals surface area contributed by atoms with Crippen molar-refractivity contribution in [1.29, 1.82) is 0 Å². The van der Waals surface area contributed by atoms with Gasteiger partial charge in [0.2, 0.25) is 0 Å². The van der Waals surface area contributed by atoms with Crippen molar-refractivity contribution >= 4 is 5.91 Å². The number of carbonyl (C=O) groups is 1. The smallest absolute Gasteiger partial charge is 0.433 e. The van der Waals surface area contributed by atoms with E-state index in [1.54, 1.807) is 4.90 Å². The number of amides is 1. The van der Waals surface area contributed by atoms with Crippen molar-refractivity contribution in [3.63, 3.8) is 0 Å². The van der Waals surface area contributed by atoms with Crippen LogP contribution in [0.2, 0.25) is 0 Å². The van der Waals surface area contributed by atoms with Crippen LogP contribution in [0, 0.1) is 13.8 Å². The van der Waals surface area contributed by atoms with Crippen LogP contribution in [0.25, 0.3) is 0 Å². The molecule has 2 atom stereocenters. The summed E-state index contributed by atoms with van der Waals surface area (Å²) in [6, 6.07) is 6.88. The van der Waals surface area contributed by atoms with Gasteiger partial charge < -0.3 is 15.0 Å². The molecule has 2 aliphatic heterocycles. The van der Waals surface area contributed by atoms with Gasteiger partial charge in [-0.2, -0.15) is 13.2 Å². The highest BCUT2D eigenvalue weighted by Crippen LogP contribution is 2.39. The number of hydrogen-bond acceptors (Lipinski definition) is 5. The van der Waals surface area contributed by atoms with Crippen LogP contribution in [-0.2, 0) is 6.18 Å². The molecule has 3 heterocycles. The van der Waals surface area contributed by atoms with Crippen LogP contribution >= 0.6 is 0 Å². The third-order valence-electron chi connectivity index (χ3n) is 7.50. The zero-order valence-electron chi connectivity index (χ0n) is 21.2. The fraction of sp³-hybridized carbons (Fsp3) is 0.556. The average Bonchev–Trinajstić information content (AvgIpc) is 2.87. The number of halogens is 3. The summed E-state index contributed by atoms with van der Waals surface area (Å²) >= 11 is 0. The standard InChI is InChI=1S/C27H35F3N4O2/c1-18-19(2)24(36-15-5-12-31-3)10-9-22(18)23-7-4-6-21-17-33(13-14-34(21)23)26(35)20-8-11-25(32-16-20)27(28,29)30/h8-11,16,21,23,31H,4-7,12-15,17H2,1-3H3/t21-,23+/m0/s1. The molecule has 1 amide bonds. The van der Waals surface area contributed by atoms with Crippen molar-refractivity contribution in [2.45, 2.75) is 57.8 Å². The largest absolute Gasteiger partial charge is 0.493 e. The Bertz CT molecular complexity index is 1060. The third kappa shape index (κ3) is 5.67. The summed E-state index contributed by atoms with van der Waals surface area (Å²) in [6.45, 7) is 7.71. The van der Waals surface area contributed by atoms with Crippen LogP contribution in [-0.4, -0.2) is 66.6 Å². The number of nitrogens with one attached hydrogen (secondary N) is 1. The van der Waals surface area contributed by atoms with E-state index >= 15 is 0 Å². The van der Waals surface area contributed by atoms with Gasteiger partial charge in [0.15, 0.2) is 0 Å². The van der Waals surface area contributed by atoms with Gasteiger partial charge in [-0.25, -0.2) is 0 Å². The van der Waals surface area contributed by atoms with E-state index in [-0.39, 0.29) is 23.6 Å². The van der Waals surface area contributed by atoms with Gasteiger partial charge in [0.1, 0.15) is 11.4 Å². The van der Waals surface area contributed by atoms with E-state index in [0.717, 1.165) is 56.8 Å². The average molecular weight is 505 g/mol. The molecular formula is C27H35F3N4O2. The van der Waals surface area contributed by atoms with Gasteiger partial charge in [0.05, 0.1) is 12.2 Å². The van der Waals surface area contributed by atoms with E-state index in [0.29, 0.717) is 19.7 Å². The number of aromatic nitrogens is 1. The molecule has 2 saturated heterocycles. The first kappa shape index (κ1) is 26.4. The van der Waals surface area contributed by atoms with E-state index in [9.17, 15) is 18.0 Å². The van der Waals surface area contributed by atoms with Gasteiger partial charge >= 0.3 is 6.18 Å². The molecule has 0 radical (unpaired) electrons. The molecule has 1 aromatic heterocycles. The minimum atomic E-state index is -4.52. The second kappa shape index (κ2) is 11.2. The molecule has 196 valence electrons. The first-order chi connectivity index (χ1) is 17.2. The Labute approximate surface area is 210 Å². The zero-order chi connectivity index (χ0) is 25.9. The van der Waals surface area contributed by atoms with Crippen molar-refractivity contribution in [3.8, 4) is 5.75 Å². The van der Waals surface area contributed by atoms with Crippen LogP contribution in [0.15, 0.2) is 30.5 Å². The molecule has 6 nitrogen and oxygen atoms in total. The number of hydrogen-bond donors (Lipinski definition) is 1. The number of nitrogens with zero attached hydrogens (tertiary/aromatic N) is 3. The van der Waals surface area contributed by atoms with E-state index in [4.69, 9.17) is 4.74 Å². The minimum Gasteiger partial charge on any atom is -0.493 e. The Balaban J connectivity index is 1.44. The number of pyridine rings is 1. The van der Waals surface area contributed by atoms with E-state index < -0.39 is 11.9 Å². The predicted molar refractivity (Wildman–Crippen MR) is 132 cm³/mol. The topological polar surface area (TPSA) is 57.7 Å². The van der Waals surface area contributed by atoms with Crippen molar-refractivity contribution < 1.29 is 22.7 Å². The molecule has 0 aliphatic carbocycles. The van der Waals surface area contributed by atoms with Crippen molar-refractivity contribution in [2.24, 2.45) is 0 Å². The molecule has 36 heavy (non-hydrogen) atoms. The lowest BCUT2D eigenvalue weighted by Gasteiger charge is -2.48. The fourth-order valence-electron chi connectivity index (χ4n) is 5.40. The van der Waals surface area contributed by atoms with Gasteiger partial charge in [0, 0.05) is 37.9 Å². The summed E-state index contributed by atoms with van der Waals surface area (Å²) in [6.07, 6.45) is 0.600. The van der Waals surface area contributed by atoms with Gasteiger partial charge in [-0.15, -0.1) is 0 Å². The Kier molecular flexibility index (Phi) is 8.20. The number of carbonyl (C=O) groups excluding carboxylic acids is 1. The molecule has 0 unspecified atom stereocenters. The molecule has 1 N–H and O–H groups in total. The highest BCUT2D eigenvalue weighted by Gasteiger charge is 2.38. The van der Waals surface area contributed by atoms with Crippen molar-refractivity contribution in [1.82, 2.24) is 20.1 Å². The highest BCUT2D eigenvalue weighted by molar-refractivity contribution is 5.94. The number of alkyl halides is 3. The molecule has 2 aliphatic rings. The van der Waals surface area contributed by atoms with E-state index in [1.165, 1.54) is 22.8 Å². The molecule has 2 fully saturated rings. The Morgan fingerprint density at radius 1 is 1.14 bits per heavy atom. The summed E-state index contributed by atoms with van der Waals surface area (Å²) in [5, 5.41) is 3.13. The van der Waals surface area contributed by atoms with Crippen LogP contribution in [0.1, 0.15) is 64.5 Å². The van der Waals surface area contributed by atoms with Gasteiger partial charge in [0.25, 0.3) is 5.91 Å². The summed E-state index contributed by atoms with van der Waals surface area (Å²) in [4.78, 5) is 20.7. The lowest BCUT2D eigenvalue weighted by Crippen LogP contribution is -2.57. The van der Waals surface area contributed by atoms with Crippen LogP contribution in [0.3, 0.4) is 0 Å². The molecule has 1 aromatic carbocycles. The van der Waals surface area contributed by atoms with E-state index in [1.807, 2.05) is 7.05 Å². The van der Waals surface area contributed by atoms with Gasteiger partial charge in [-0.05, 0) is 88.0 Å². The van der Waals surface area contributed by atoms with Gasteiger partial charge in [-0.3, -0.25) is 14.7 Å². The maximum Gasteiger partial charge on any atom is 0.433 e. The first-order valence-electron chi connectivity index (χ1n) is 12.7. The Hall–Kier alpha value is -2.65. The predicted octanol–water partition coefficient (Wildman–Crippen LogP) is 4.76. The van der Waals surface area contributed by atoms with Crippen LogP contribution in [0.5, 0.6) is 5.75 Å². The van der Waals surface area contributed by atoms with Crippen LogP contribution in [0.4, 0.5) is 13.2 Å². The number of fused-ring (bicyclic) bond motifs is 1. The zero-order valence-corrected chi connectivity index (χ0v) is 21.2. The maximum absolute atomic E-state index is 13.0. The number of benzene rings is 1. The lowest BCUT2D eigenvalue weighted by molar-refractivity contribution is -0.141. The summed E-state index contributed by atoms with van der Waals surface area (Å²) in [5.74, 6) is 0.671. The number of ether oxygens (including phenoxy) is 1. The highest BCUT2D eigenvalue weighted by atomic mass is 19.4. The molecule has 0 saturated carbocycles.